The van der Waals surface area contributed by atoms with Crippen molar-refractivity contribution in [3.8, 4) is 5.75 Å². The van der Waals surface area contributed by atoms with Crippen LogP contribution in [-0.4, -0.2) is 15.0 Å². The SMILES string of the molecule is C=C(Br)COc1ccc(S(N)(=O)=O)cc1Br. The summed E-state index contributed by atoms with van der Waals surface area (Å²) in [4.78, 5) is 0.0318. The molecule has 1 rings (SSSR count). The summed E-state index contributed by atoms with van der Waals surface area (Å²) < 4.78 is 28.7. The number of hydrogen-bond donors (Lipinski definition) is 1. The molecule has 0 aromatic heterocycles. The lowest BCUT2D eigenvalue weighted by atomic mass is 10.3. The number of nitrogens with two attached hydrogens (primary N) is 1. The van der Waals surface area contributed by atoms with Gasteiger partial charge in [0, 0.05) is 4.48 Å². The molecule has 0 aliphatic rings. The summed E-state index contributed by atoms with van der Waals surface area (Å²) in [6.45, 7) is 3.92. The smallest absolute Gasteiger partial charge is 0.238 e. The van der Waals surface area contributed by atoms with E-state index in [9.17, 15) is 8.42 Å². The molecule has 16 heavy (non-hydrogen) atoms. The van der Waals surface area contributed by atoms with Crippen molar-refractivity contribution in [1.29, 1.82) is 0 Å². The van der Waals surface area contributed by atoms with E-state index >= 15 is 0 Å². The van der Waals surface area contributed by atoms with Crippen LogP contribution in [0.2, 0.25) is 0 Å². The first-order valence-electron chi connectivity index (χ1n) is 4.09. The molecule has 7 heteroatoms. The maximum absolute atomic E-state index is 11.1. The molecule has 0 saturated carbocycles. The second-order valence-corrected chi connectivity index (χ2v) is 6.48. The molecular weight excluding hydrogens is 362 g/mol. The predicted octanol–water partition coefficient (Wildman–Crippen LogP) is 2.38. The summed E-state index contributed by atoms with van der Waals surface area (Å²) in [5.74, 6) is 0.521. The quantitative estimate of drug-likeness (QED) is 0.884. The second kappa shape index (κ2) is 5.31. The second-order valence-electron chi connectivity index (χ2n) is 2.94. The van der Waals surface area contributed by atoms with Crippen LogP contribution >= 0.6 is 31.9 Å². The maximum atomic E-state index is 11.1. The zero-order valence-electron chi connectivity index (χ0n) is 8.11. The average Bonchev–Trinajstić information content (AvgIpc) is 2.14. The van der Waals surface area contributed by atoms with Crippen LogP contribution in [0.25, 0.3) is 0 Å². The molecule has 0 heterocycles. The molecule has 0 fully saturated rings. The lowest BCUT2D eigenvalue weighted by Crippen LogP contribution is -2.12. The Kier molecular flexibility index (Phi) is 4.54. The van der Waals surface area contributed by atoms with Crippen molar-refractivity contribution in [2.24, 2.45) is 5.14 Å². The highest BCUT2D eigenvalue weighted by atomic mass is 79.9. The summed E-state index contributed by atoms with van der Waals surface area (Å²) in [5, 5.41) is 4.99. The van der Waals surface area contributed by atoms with Crippen LogP contribution in [-0.2, 0) is 10.0 Å². The molecule has 0 spiro atoms. The largest absolute Gasteiger partial charge is 0.487 e. The van der Waals surface area contributed by atoms with Gasteiger partial charge in [0.2, 0.25) is 10.0 Å². The molecule has 1 aromatic carbocycles. The topological polar surface area (TPSA) is 69.4 Å². The van der Waals surface area contributed by atoms with E-state index in [0.717, 1.165) is 0 Å². The number of ether oxygens (including phenoxy) is 1. The monoisotopic (exact) mass is 369 g/mol. The molecule has 0 atom stereocenters. The molecule has 0 radical (unpaired) electrons. The highest BCUT2D eigenvalue weighted by Crippen LogP contribution is 2.27. The Balaban J connectivity index is 2.96. The number of primary sulfonamides is 1. The van der Waals surface area contributed by atoms with Gasteiger partial charge in [-0.3, -0.25) is 0 Å². The highest BCUT2D eigenvalue weighted by molar-refractivity contribution is 9.11. The minimum absolute atomic E-state index is 0.0318. The Morgan fingerprint density at radius 1 is 1.50 bits per heavy atom. The van der Waals surface area contributed by atoms with Crippen molar-refractivity contribution in [3.05, 3.63) is 33.7 Å². The first kappa shape index (κ1) is 13.7. The van der Waals surface area contributed by atoms with Gasteiger partial charge in [-0.1, -0.05) is 22.5 Å². The van der Waals surface area contributed by atoms with E-state index in [1.165, 1.54) is 18.2 Å². The molecule has 0 amide bonds. The molecule has 0 saturated heterocycles. The van der Waals surface area contributed by atoms with Crippen molar-refractivity contribution >= 4 is 41.9 Å². The molecule has 2 N–H and O–H groups in total. The van der Waals surface area contributed by atoms with E-state index in [-0.39, 0.29) is 4.90 Å². The van der Waals surface area contributed by atoms with Crippen LogP contribution in [0.4, 0.5) is 0 Å². The Labute approximate surface area is 111 Å². The first-order chi connectivity index (χ1) is 7.30. The Hall–Kier alpha value is -0.370. The van der Waals surface area contributed by atoms with Gasteiger partial charge in [-0.2, -0.15) is 0 Å². The van der Waals surface area contributed by atoms with Crippen LogP contribution in [0.15, 0.2) is 38.6 Å². The minimum Gasteiger partial charge on any atom is -0.487 e. The third kappa shape index (κ3) is 3.89. The molecule has 88 valence electrons. The van der Waals surface area contributed by atoms with Crippen LogP contribution < -0.4 is 9.88 Å². The fourth-order valence-electron chi connectivity index (χ4n) is 0.932. The van der Waals surface area contributed by atoms with Gasteiger partial charge in [0.15, 0.2) is 0 Å². The summed E-state index contributed by atoms with van der Waals surface area (Å²) in [6.07, 6.45) is 0. The van der Waals surface area contributed by atoms with Crippen LogP contribution in [0.1, 0.15) is 0 Å². The Bertz CT molecular complexity index is 513. The molecule has 4 nitrogen and oxygen atoms in total. The minimum atomic E-state index is -3.69. The third-order valence-electron chi connectivity index (χ3n) is 1.62. The fraction of sp³-hybridized carbons (Fsp3) is 0.111. The van der Waals surface area contributed by atoms with Crippen LogP contribution in [0.5, 0.6) is 5.75 Å². The van der Waals surface area contributed by atoms with E-state index in [1.54, 1.807) is 0 Å². The molecule has 0 unspecified atom stereocenters. The molecule has 0 aliphatic heterocycles. The van der Waals surface area contributed by atoms with Crippen molar-refractivity contribution < 1.29 is 13.2 Å². The van der Waals surface area contributed by atoms with Crippen molar-refractivity contribution in [2.75, 3.05) is 6.61 Å². The van der Waals surface area contributed by atoms with Gasteiger partial charge in [0.25, 0.3) is 0 Å². The lowest BCUT2D eigenvalue weighted by molar-refractivity contribution is 0.358. The van der Waals surface area contributed by atoms with E-state index in [1.807, 2.05) is 0 Å². The average molecular weight is 371 g/mol. The Morgan fingerprint density at radius 2 is 2.12 bits per heavy atom. The van der Waals surface area contributed by atoms with Gasteiger partial charge < -0.3 is 4.74 Å². The molecule has 1 aromatic rings. The molecule has 0 aliphatic carbocycles. The van der Waals surface area contributed by atoms with Crippen molar-refractivity contribution in [2.45, 2.75) is 4.90 Å². The number of benzene rings is 1. The van der Waals surface area contributed by atoms with E-state index < -0.39 is 10.0 Å². The molecule has 0 bridgehead atoms. The standard InChI is InChI=1S/C9H9Br2NO3S/c1-6(10)5-15-9-3-2-7(4-8(9)11)16(12,13)14/h2-4H,1,5H2,(H2,12,13,14). The highest BCUT2D eigenvalue weighted by Gasteiger charge is 2.10. The van der Waals surface area contributed by atoms with Crippen LogP contribution in [0, 0.1) is 0 Å². The summed E-state index contributed by atoms with van der Waals surface area (Å²) in [7, 11) is -3.69. The fourth-order valence-corrected chi connectivity index (χ4v) is 2.23. The van der Waals surface area contributed by atoms with E-state index in [0.29, 0.717) is 21.3 Å². The lowest BCUT2D eigenvalue weighted by Gasteiger charge is -2.08. The number of sulfonamides is 1. The summed E-state index contributed by atoms with van der Waals surface area (Å²) in [6, 6.07) is 4.30. The summed E-state index contributed by atoms with van der Waals surface area (Å²) >= 11 is 6.35. The third-order valence-corrected chi connectivity index (χ3v) is 3.38. The zero-order chi connectivity index (χ0) is 12.3. The number of halogens is 2. The normalized spacial score (nSPS) is 11.2. The van der Waals surface area contributed by atoms with Gasteiger partial charge >= 0.3 is 0 Å². The van der Waals surface area contributed by atoms with Gasteiger partial charge in [-0.05, 0) is 34.1 Å². The summed E-state index contributed by atoms with van der Waals surface area (Å²) in [5.41, 5.74) is 0. The molecular formula is C9H9Br2NO3S. The first-order valence-corrected chi connectivity index (χ1v) is 7.22. The Morgan fingerprint density at radius 3 is 2.56 bits per heavy atom. The van der Waals surface area contributed by atoms with Gasteiger partial charge in [0.1, 0.15) is 12.4 Å². The van der Waals surface area contributed by atoms with E-state index in [2.05, 4.69) is 38.4 Å². The number of hydrogen-bond acceptors (Lipinski definition) is 3. The van der Waals surface area contributed by atoms with Crippen LogP contribution in [0.3, 0.4) is 0 Å². The van der Waals surface area contributed by atoms with Gasteiger partial charge in [0.05, 0.1) is 9.37 Å². The van der Waals surface area contributed by atoms with Gasteiger partial charge in [-0.25, -0.2) is 13.6 Å². The maximum Gasteiger partial charge on any atom is 0.238 e. The number of rotatable bonds is 4. The van der Waals surface area contributed by atoms with E-state index in [4.69, 9.17) is 9.88 Å². The zero-order valence-corrected chi connectivity index (χ0v) is 12.1. The van der Waals surface area contributed by atoms with Gasteiger partial charge in [-0.15, -0.1) is 0 Å². The van der Waals surface area contributed by atoms with Crippen molar-refractivity contribution in [3.63, 3.8) is 0 Å². The van der Waals surface area contributed by atoms with Crippen molar-refractivity contribution in [1.82, 2.24) is 0 Å². The predicted molar refractivity (Wildman–Crippen MR) is 69.1 cm³/mol.